The maximum atomic E-state index is 13.3. The van der Waals surface area contributed by atoms with Gasteiger partial charge in [0.1, 0.15) is 5.82 Å². The van der Waals surface area contributed by atoms with Gasteiger partial charge >= 0.3 is 0 Å². The van der Waals surface area contributed by atoms with Crippen molar-refractivity contribution in [2.24, 2.45) is 5.92 Å². The van der Waals surface area contributed by atoms with Crippen molar-refractivity contribution >= 4 is 47.5 Å². The molecule has 5 nitrogen and oxygen atoms in total. The molecule has 1 fully saturated rings. The van der Waals surface area contributed by atoms with Crippen LogP contribution in [0.25, 0.3) is 10.9 Å². The van der Waals surface area contributed by atoms with Crippen molar-refractivity contribution in [2.45, 2.75) is 44.6 Å². The second kappa shape index (κ2) is 13.8. The summed E-state index contributed by atoms with van der Waals surface area (Å²) >= 11 is 0. The summed E-state index contributed by atoms with van der Waals surface area (Å²) in [4.78, 5) is 11.5. The van der Waals surface area contributed by atoms with E-state index in [-0.39, 0.29) is 24.8 Å². The number of nitrogens with zero attached hydrogens (tertiary/aromatic N) is 3. The quantitative estimate of drug-likeness (QED) is 0.335. The van der Waals surface area contributed by atoms with Crippen LogP contribution < -0.4 is 15.5 Å². The zero-order valence-corrected chi connectivity index (χ0v) is 21.9. The van der Waals surface area contributed by atoms with Crippen LogP contribution in [0, 0.1) is 17.6 Å². The Morgan fingerprint density at radius 3 is 2.40 bits per heavy atom. The third kappa shape index (κ3) is 7.89. The Hall–Kier alpha value is -2.22. The second-order valence-electron chi connectivity index (χ2n) is 9.20. The number of halogens is 4. The third-order valence-electron chi connectivity index (χ3n) is 6.42. The predicted octanol–water partition coefficient (Wildman–Crippen LogP) is 6.01. The summed E-state index contributed by atoms with van der Waals surface area (Å²) in [5, 5.41) is 8.17. The van der Waals surface area contributed by atoms with E-state index in [1.54, 1.807) is 6.07 Å². The SMILES string of the molecule is CN(C)c1nc(N[C@H]2CC[C@@H](CNCCCc3ccc(F)c(F)c3)CC2)nc2ccccc12.Cl.Cl. The third-order valence-corrected chi connectivity index (χ3v) is 6.42. The minimum atomic E-state index is -0.785. The Morgan fingerprint density at radius 2 is 1.69 bits per heavy atom. The van der Waals surface area contributed by atoms with Gasteiger partial charge in [0.05, 0.1) is 5.52 Å². The van der Waals surface area contributed by atoms with Crippen molar-refractivity contribution in [2.75, 3.05) is 37.4 Å². The monoisotopic (exact) mass is 525 g/mol. The van der Waals surface area contributed by atoms with Crippen molar-refractivity contribution in [1.82, 2.24) is 15.3 Å². The van der Waals surface area contributed by atoms with Gasteiger partial charge in [-0.05, 0) is 87.4 Å². The highest BCUT2D eigenvalue weighted by Crippen LogP contribution is 2.28. The van der Waals surface area contributed by atoms with Crippen LogP contribution in [0.2, 0.25) is 0 Å². The fourth-order valence-electron chi connectivity index (χ4n) is 4.58. The van der Waals surface area contributed by atoms with E-state index in [2.05, 4.69) is 16.7 Å². The molecule has 3 aromatic rings. The van der Waals surface area contributed by atoms with Gasteiger partial charge in [0, 0.05) is 25.5 Å². The highest BCUT2D eigenvalue weighted by molar-refractivity contribution is 5.90. The number of hydrogen-bond donors (Lipinski definition) is 2. The number of benzene rings is 2. The van der Waals surface area contributed by atoms with Crippen molar-refractivity contribution in [3.8, 4) is 0 Å². The van der Waals surface area contributed by atoms with Crippen LogP contribution in [-0.2, 0) is 6.42 Å². The summed E-state index contributed by atoms with van der Waals surface area (Å²) in [5.74, 6) is 0.756. The van der Waals surface area contributed by atoms with Crippen LogP contribution in [-0.4, -0.2) is 43.2 Å². The number of fused-ring (bicyclic) bond motifs is 1. The molecule has 4 rings (SSSR count). The largest absolute Gasteiger partial charge is 0.362 e. The molecule has 0 unspecified atom stereocenters. The number of para-hydroxylation sites is 1. The second-order valence-corrected chi connectivity index (χ2v) is 9.20. The van der Waals surface area contributed by atoms with Gasteiger partial charge < -0.3 is 15.5 Å². The Bertz CT molecular complexity index is 1070. The number of aryl methyl sites for hydroxylation is 1. The first-order valence-corrected chi connectivity index (χ1v) is 11.8. The number of hydrogen-bond acceptors (Lipinski definition) is 5. The van der Waals surface area contributed by atoms with Crippen molar-refractivity contribution in [1.29, 1.82) is 0 Å². The fraction of sp³-hybridized carbons (Fsp3) is 0.462. The minimum absolute atomic E-state index is 0. The standard InChI is InChI=1S/C26H33F2N5.2ClH/c1-33(2)25-21-7-3-4-8-24(21)31-26(32-25)30-20-12-9-19(10-13-20)17-29-15-5-6-18-11-14-22(27)23(28)16-18;;/h3-4,7-8,11,14,16,19-20,29H,5-6,9-10,12-13,15,17H2,1-2H3,(H,30,31,32);2*1H/t19-,20+;;. The van der Waals surface area contributed by atoms with Crippen LogP contribution in [0.1, 0.15) is 37.7 Å². The van der Waals surface area contributed by atoms with Crippen molar-refractivity contribution in [3.05, 3.63) is 59.7 Å². The molecular weight excluding hydrogens is 491 g/mol. The number of aromatic nitrogens is 2. The summed E-state index contributed by atoms with van der Waals surface area (Å²) in [6.07, 6.45) is 6.21. The molecule has 192 valence electrons. The predicted molar refractivity (Wildman–Crippen MR) is 145 cm³/mol. The Balaban J connectivity index is 0.00000216. The molecule has 1 aliphatic rings. The van der Waals surface area contributed by atoms with E-state index in [4.69, 9.17) is 9.97 Å². The molecule has 9 heteroatoms. The van der Waals surface area contributed by atoms with Crippen LogP contribution in [0.15, 0.2) is 42.5 Å². The minimum Gasteiger partial charge on any atom is -0.362 e. The van der Waals surface area contributed by atoms with Gasteiger partial charge in [0.15, 0.2) is 11.6 Å². The highest BCUT2D eigenvalue weighted by atomic mass is 35.5. The van der Waals surface area contributed by atoms with E-state index in [1.165, 1.54) is 25.0 Å². The molecule has 0 bridgehead atoms. The maximum absolute atomic E-state index is 13.3. The Morgan fingerprint density at radius 1 is 0.943 bits per heavy atom. The summed E-state index contributed by atoms with van der Waals surface area (Å²) < 4.78 is 26.3. The summed E-state index contributed by atoms with van der Waals surface area (Å²) in [6, 6.07) is 12.7. The van der Waals surface area contributed by atoms with E-state index < -0.39 is 11.6 Å². The van der Waals surface area contributed by atoms with Gasteiger partial charge in [-0.2, -0.15) is 4.98 Å². The zero-order chi connectivity index (χ0) is 23.2. The van der Waals surface area contributed by atoms with E-state index >= 15 is 0 Å². The molecule has 0 saturated heterocycles. The average molecular weight is 527 g/mol. The van der Waals surface area contributed by atoms with Gasteiger partial charge in [-0.1, -0.05) is 18.2 Å². The maximum Gasteiger partial charge on any atom is 0.225 e. The molecule has 35 heavy (non-hydrogen) atoms. The number of nitrogens with one attached hydrogen (secondary N) is 2. The van der Waals surface area contributed by atoms with Gasteiger partial charge in [-0.15, -0.1) is 24.8 Å². The average Bonchev–Trinajstić information content (AvgIpc) is 2.81. The van der Waals surface area contributed by atoms with Crippen LogP contribution in [0.3, 0.4) is 0 Å². The lowest BCUT2D eigenvalue weighted by atomic mass is 9.86. The molecule has 1 saturated carbocycles. The lowest BCUT2D eigenvalue weighted by Gasteiger charge is -2.29. The summed E-state index contributed by atoms with van der Waals surface area (Å²) in [7, 11) is 4.02. The van der Waals surface area contributed by atoms with Crippen molar-refractivity contribution in [3.63, 3.8) is 0 Å². The highest BCUT2D eigenvalue weighted by Gasteiger charge is 2.22. The molecular formula is C26H35Cl2F2N5. The molecule has 0 spiro atoms. The zero-order valence-electron chi connectivity index (χ0n) is 20.3. The number of anilines is 2. The fourth-order valence-corrected chi connectivity index (χ4v) is 4.58. The number of rotatable bonds is 9. The molecule has 2 aromatic carbocycles. The van der Waals surface area contributed by atoms with Gasteiger partial charge in [-0.3, -0.25) is 0 Å². The molecule has 1 aliphatic carbocycles. The first-order chi connectivity index (χ1) is 16.0. The summed E-state index contributed by atoms with van der Waals surface area (Å²) in [5.41, 5.74) is 1.80. The van der Waals surface area contributed by atoms with Crippen LogP contribution in [0.4, 0.5) is 20.5 Å². The molecule has 0 radical (unpaired) electrons. The van der Waals surface area contributed by atoms with Crippen LogP contribution in [0.5, 0.6) is 0 Å². The van der Waals surface area contributed by atoms with E-state index in [9.17, 15) is 8.78 Å². The van der Waals surface area contributed by atoms with Gasteiger partial charge in [-0.25, -0.2) is 13.8 Å². The van der Waals surface area contributed by atoms with Crippen molar-refractivity contribution < 1.29 is 8.78 Å². The molecule has 0 atom stereocenters. The lowest BCUT2D eigenvalue weighted by Crippen LogP contribution is -2.32. The lowest BCUT2D eigenvalue weighted by molar-refractivity contribution is 0.324. The molecule has 1 heterocycles. The smallest absolute Gasteiger partial charge is 0.225 e. The van der Waals surface area contributed by atoms with E-state index in [1.807, 2.05) is 37.2 Å². The topological polar surface area (TPSA) is 53.1 Å². The normalized spacial score (nSPS) is 17.4. The molecule has 1 aromatic heterocycles. The first kappa shape index (κ1) is 29.0. The Labute approximate surface area is 218 Å². The van der Waals surface area contributed by atoms with Gasteiger partial charge in [0.25, 0.3) is 0 Å². The first-order valence-electron chi connectivity index (χ1n) is 11.8. The molecule has 2 N–H and O–H groups in total. The van der Waals surface area contributed by atoms with E-state index in [0.717, 1.165) is 61.1 Å². The molecule has 0 aliphatic heterocycles. The van der Waals surface area contributed by atoms with Crippen LogP contribution >= 0.6 is 24.8 Å². The molecule has 0 amide bonds. The van der Waals surface area contributed by atoms with E-state index in [0.29, 0.717) is 17.9 Å². The summed E-state index contributed by atoms with van der Waals surface area (Å²) in [6.45, 7) is 1.89. The van der Waals surface area contributed by atoms with Gasteiger partial charge in [0.2, 0.25) is 5.95 Å². The Kier molecular flexibility index (Phi) is 11.4.